The Morgan fingerprint density at radius 1 is 1.61 bits per heavy atom. The summed E-state index contributed by atoms with van der Waals surface area (Å²) < 4.78 is 1.19. The van der Waals surface area contributed by atoms with E-state index in [4.69, 9.17) is 0 Å². The molecular formula is C11H11N3O3S. The van der Waals surface area contributed by atoms with Gasteiger partial charge in [0.15, 0.2) is 4.96 Å². The SMILES string of the molecule is CCC/C=C/c1nc2sccn2c(=O)c1[N+](=O)[O-]. The lowest BCUT2D eigenvalue weighted by Crippen LogP contribution is -2.18. The van der Waals surface area contributed by atoms with Crippen LogP contribution in [-0.2, 0) is 0 Å². The van der Waals surface area contributed by atoms with Crippen molar-refractivity contribution in [3.63, 3.8) is 0 Å². The quantitative estimate of drug-likeness (QED) is 0.628. The van der Waals surface area contributed by atoms with Crippen LogP contribution in [0.1, 0.15) is 25.5 Å². The van der Waals surface area contributed by atoms with Crippen LogP contribution in [0, 0.1) is 10.1 Å². The molecule has 0 aliphatic rings. The van der Waals surface area contributed by atoms with Crippen molar-refractivity contribution < 1.29 is 4.92 Å². The van der Waals surface area contributed by atoms with Gasteiger partial charge in [-0.2, -0.15) is 0 Å². The molecule has 0 N–H and O–H groups in total. The first-order valence-corrected chi connectivity index (χ1v) is 6.34. The van der Waals surface area contributed by atoms with E-state index in [-0.39, 0.29) is 5.69 Å². The van der Waals surface area contributed by atoms with Crippen molar-refractivity contribution in [3.8, 4) is 0 Å². The summed E-state index contributed by atoms with van der Waals surface area (Å²) in [5.74, 6) is 0. The van der Waals surface area contributed by atoms with Gasteiger partial charge in [-0.1, -0.05) is 19.4 Å². The van der Waals surface area contributed by atoms with E-state index >= 15 is 0 Å². The maximum absolute atomic E-state index is 11.9. The van der Waals surface area contributed by atoms with Gasteiger partial charge in [-0.3, -0.25) is 19.3 Å². The number of nitro groups is 1. The molecule has 2 aromatic heterocycles. The van der Waals surface area contributed by atoms with Gasteiger partial charge in [-0.15, -0.1) is 11.3 Å². The molecule has 0 aliphatic carbocycles. The molecule has 7 heteroatoms. The Bertz CT molecular complexity index is 672. The summed E-state index contributed by atoms with van der Waals surface area (Å²) in [4.78, 5) is 26.8. The molecule has 18 heavy (non-hydrogen) atoms. The largest absolute Gasteiger partial charge is 0.359 e. The van der Waals surface area contributed by atoms with Crippen LogP contribution in [0.15, 0.2) is 22.4 Å². The lowest BCUT2D eigenvalue weighted by atomic mass is 10.2. The van der Waals surface area contributed by atoms with Crippen LogP contribution in [0.3, 0.4) is 0 Å². The van der Waals surface area contributed by atoms with Crippen LogP contribution in [0.2, 0.25) is 0 Å². The van der Waals surface area contributed by atoms with E-state index in [0.29, 0.717) is 4.96 Å². The van der Waals surface area contributed by atoms with Crippen molar-refractivity contribution in [3.05, 3.63) is 43.8 Å². The number of fused-ring (bicyclic) bond motifs is 1. The first kappa shape index (κ1) is 12.4. The highest BCUT2D eigenvalue weighted by molar-refractivity contribution is 7.15. The average Bonchev–Trinajstić information content (AvgIpc) is 2.77. The Labute approximate surface area is 106 Å². The monoisotopic (exact) mass is 265 g/mol. The van der Waals surface area contributed by atoms with Crippen LogP contribution in [0.4, 0.5) is 5.69 Å². The molecule has 0 unspecified atom stereocenters. The highest BCUT2D eigenvalue weighted by Gasteiger charge is 2.21. The minimum absolute atomic E-state index is 0.126. The zero-order valence-electron chi connectivity index (χ0n) is 9.70. The maximum atomic E-state index is 11.9. The second-order valence-corrected chi connectivity index (χ2v) is 4.53. The summed E-state index contributed by atoms with van der Waals surface area (Å²) in [7, 11) is 0. The third kappa shape index (κ3) is 2.17. The van der Waals surface area contributed by atoms with E-state index in [1.54, 1.807) is 17.5 Å². The Morgan fingerprint density at radius 3 is 3.06 bits per heavy atom. The number of unbranched alkanes of at least 4 members (excludes halogenated alkanes) is 1. The van der Waals surface area contributed by atoms with Gasteiger partial charge in [0, 0.05) is 11.6 Å². The summed E-state index contributed by atoms with van der Waals surface area (Å²) in [6, 6.07) is 0. The van der Waals surface area contributed by atoms with Gasteiger partial charge in [0.25, 0.3) is 0 Å². The van der Waals surface area contributed by atoms with Crippen molar-refractivity contribution in [1.82, 2.24) is 9.38 Å². The third-order valence-corrected chi connectivity index (χ3v) is 3.14. The molecule has 0 radical (unpaired) electrons. The van der Waals surface area contributed by atoms with Crippen LogP contribution in [0.5, 0.6) is 0 Å². The van der Waals surface area contributed by atoms with E-state index in [9.17, 15) is 14.9 Å². The number of hydrogen-bond donors (Lipinski definition) is 0. The Balaban J connectivity index is 2.66. The molecule has 2 aromatic rings. The van der Waals surface area contributed by atoms with Crippen molar-refractivity contribution in [2.45, 2.75) is 19.8 Å². The van der Waals surface area contributed by atoms with Gasteiger partial charge >= 0.3 is 11.2 Å². The Kier molecular flexibility index (Phi) is 3.52. The Hall–Kier alpha value is -2.02. The van der Waals surface area contributed by atoms with Crippen LogP contribution in [0.25, 0.3) is 11.0 Å². The molecule has 6 nitrogen and oxygen atoms in total. The van der Waals surface area contributed by atoms with Gasteiger partial charge in [0.2, 0.25) is 0 Å². The number of rotatable bonds is 4. The molecule has 0 spiro atoms. The van der Waals surface area contributed by atoms with Gasteiger partial charge in [0.05, 0.1) is 4.92 Å². The zero-order chi connectivity index (χ0) is 13.1. The van der Waals surface area contributed by atoms with E-state index < -0.39 is 16.2 Å². The molecule has 0 saturated carbocycles. The summed E-state index contributed by atoms with van der Waals surface area (Å²) in [5.41, 5.74) is -0.985. The molecule has 2 heterocycles. The molecule has 0 amide bonds. The number of hydrogen-bond acceptors (Lipinski definition) is 5. The summed E-state index contributed by atoms with van der Waals surface area (Å²) >= 11 is 1.27. The lowest BCUT2D eigenvalue weighted by molar-refractivity contribution is -0.386. The Morgan fingerprint density at radius 2 is 2.39 bits per heavy atom. The topological polar surface area (TPSA) is 77.5 Å². The minimum Gasteiger partial charge on any atom is -0.261 e. The van der Waals surface area contributed by atoms with Gasteiger partial charge < -0.3 is 0 Å². The number of allylic oxidation sites excluding steroid dienone is 1. The van der Waals surface area contributed by atoms with Crippen LogP contribution >= 0.6 is 11.3 Å². The molecule has 2 rings (SSSR count). The molecule has 0 bridgehead atoms. The molecule has 0 atom stereocenters. The van der Waals surface area contributed by atoms with Crippen molar-refractivity contribution in [2.75, 3.05) is 0 Å². The lowest BCUT2D eigenvalue weighted by Gasteiger charge is -1.98. The first-order valence-electron chi connectivity index (χ1n) is 5.46. The normalized spacial score (nSPS) is 11.4. The molecule has 0 saturated heterocycles. The third-order valence-electron chi connectivity index (χ3n) is 2.38. The fourth-order valence-corrected chi connectivity index (χ4v) is 2.25. The number of thiazole rings is 1. The summed E-state index contributed by atoms with van der Waals surface area (Å²) in [6.45, 7) is 2.00. The van der Waals surface area contributed by atoms with E-state index in [0.717, 1.165) is 12.8 Å². The smallest absolute Gasteiger partial charge is 0.261 e. The number of nitrogens with zero attached hydrogens (tertiary/aromatic N) is 3. The highest BCUT2D eigenvalue weighted by Crippen LogP contribution is 2.17. The predicted octanol–water partition coefficient (Wildman–Crippen LogP) is 2.48. The fraction of sp³-hybridized carbons (Fsp3) is 0.273. The van der Waals surface area contributed by atoms with Gasteiger partial charge in [0.1, 0.15) is 5.69 Å². The van der Waals surface area contributed by atoms with E-state index in [1.165, 1.54) is 21.9 Å². The van der Waals surface area contributed by atoms with Gasteiger partial charge in [-0.05, 0) is 12.5 Å². The van der Waals surface area contributed by atoms with Crippen LogP contribution < -0.4 is 5.56 Å². The zero-order valence-corrected chi connectivity index (χ0v) is 10.5. The summed E-state index contributed by atoms with van der Waals surface area (Å²) in [6.07, 6.45) is 6.55. The highest BCUT2D eigenvalue weighted by atomic mass is 32.1. The standard InChI is InChI=1S/C11H11N3O3S/c1-2-3-4-5-8-9(14(16)17)10(15)13-6-7-18-11(13)12-8/h4-7H,2-3H2,1H3/b5-4+. The molecule has 0 aromatic carbocycles. The molecule has 94 valence electrons. The first-order chi connectivity index (χ1) is 8.65. The molecular weight excluding hydrogens is 254 g/mol. The molecule has 0 fully saturated rings. The van der Waals surface area contributed by atoms with Crippen LogP contribution in [-0.4, -0.2) is 14.3 Å². The van der Waals surface area contributed by atoms with Crippen molar-refractivity contribution in [2.24, 2.45) is 0 Å². The average molecular weight is 265 g/mol. The number of aromatic nitrogens is 2. The second-order valence-electron chi connectivity index (χ2n) is 3.65. The fourth-order valence-electron chi connectivity index (χ4n) is 1.54. The van der Waals surface area contributed by atoms with Crippen molar-refractivity contribution >= 4 is 28.1 Å². The van der Waals surface area contributed by atoms with Crippen molar-refractivity contribution in [1.29, 1.82) is 0 Å². The minimum atomic E-state index is -0.676. The van der Waals surface area contributed by atoms with E-state index in [1.807, 2.05) is 6.92 Å². The van der Waals surface area contributed by atoms with Gasteiger partial charge in [-0.25, -0.2) is 4.98 Å². The second kappa shape index (κ2) is 5.09. The predicted molar refractivity (Wildman–Crippen MR) is 69.9 cm³/mol. The summed E-state index contributed by atoms with van der Waals surface area (Å²) in [5, 5.41) is 12.6. The molecule has 0 aliphatic heterocycles. The van der Waals surface area contributed by atoms with E-state index in [2.05, 4.69) is 4.98 Å². The maximum Gasteiger partial charge on any atom is 0.359 e.